The highest BCUT2D eigenvalue weighted by molar-refractivity contribution is 5.95. The topological polar surface area (TPSA) is 68.0 Å². The molecule has 0 radical (unpaired) electrons. The Morgan fingerprint density at radius 2 is 2.24 bits per heavy atom. The molecule has 1 rings (SSSR count). The Hall–Kier alpha value is -1.65. The van der Waals surface area contributed by atoms with Crippen LogP contribution < -0.4 is 11.1 Å². The molecule has 0 aromatic carbocycles. The highest BCUT2D eigenvalue weighted by Crippen LogP contribution is 2.13. The number of pyridine rings is 1. The van der Waals surface area contributed by atoms with E-state index in [-0.39, 0.29) is 17.4 Å². The maximum atomic E-state index is 13.6. The van der Waals surface area contributed by atoms with Gasteiger partial charge in [0.25, 0.3) is 5.91 Å². The number of halogens is 1. The Morgan fingerprint density at radius 1 is 1.59 bits per heavy atom. The molecule has 1 unspecified atom stereocenters. The zero-order valence-electron chi connectivity index (χ0n) is 10.3. The summed E-state index contributed by atoms with van der Waals surface area (Å²) in [5.74, 6) is -1.16. The van der Waals surface area contributed by atoms with Gasteiger partial charge in [0.2, 0.25) is 0 Å². The van der Waals surface area contributed by atoms with Gasteiger partial charge in [0, 0.05) is 12.2 Å². The van der Waals surface area contributed by atoms with Crippen molar-refractivity contribution in [1.29, 1.82) is 0 Å². The number of nitrogens with one attached hydrogen (secondary N) is 1. The molecule has 1 aromatic heterocycles. The van der Waals surface area contributed by atoms with Gasteiger partial charge in [-0.15, -0.1) is 0 Å². The maximum absolute atomic E-state index is 13.6. The number of aromatic nitrogens is 1. The van der Waals surface area contributed by atoms with E-state index in [1.54, 1.807) is 0 Å². The van der Waals surface area contributed by atoms with E-state index in [1.807, 2.05) is 20.8 Å². The molecule has 0 bridgehead atoms. The van der Waals surface area contributed by atoms with Gasteiger partial charge in [-0.1, -0.05) is 20.8 Å². The minimum absolute atomic E-state index is 0.0243. The summed E-state index contributed by atoms with van der Waals surface area (Å²) >= 11 is 0. The molecule has 4 nitrogen and oxygen atoms in total. The predicted molar refractivity (Wildman–Crippen MR) is 65.0 cm³/mol. The fourth-order valence-corrected chi connectivity index (χ4v) is 1.62. The lowest BCUT2D eigenvalue weighted by molar-refractivity contribution is 0.0920. The van der Waals surface area contributed by atoms with Gasteiger partial charge in [-0.05, 0) is 18.4 Å². The second-order valence-corrected chi connectivity index (χ2v) is 4.29. The number of nitrogens with zero attached hydrogens (tertiary/aromatic N) is 1. The van der Waals surface area contributed by atoms with E-state index < -0.39 is 11.7 Å². The molecule has 0 saturated heterocycles. The van der Waals surface area contributed by atoms with Crippen molar-refractivity contribution in [1.82, 2.24) is 10.3 Å². The molecule has 5 heteroatoms. The van der Waals surface area contributed by atoms with Crippen molar-refractivity contribution in [2.75, 3.05) is 5.73 Å². The second kappa shape index (κ2) is 5.61. The fourth-order valence-electron chi connectivity index (χ4n) is 1.62. The van der Waals surface area contributed by atoms with Crippen molar-refractivity contribution in [2.45, 2.75) is 33.2 Å². The molecule has 17 heavy (non-hydrogen) atoms. The lowest BCUT2D eigenvalue weighted by Crippen LogP contribution is -2.38. The van der Waals surface area contributed by atoms with Crippen LogP contribution in [-0.4, -0.2) is 16.9 Å². The van der Waals surface area contributed by atoms with Crippen LogP contribution in [0.1, 0.15) is 37.6 Å². The van der Waals surface area contributed by atoms with Gasteiger partial charge in [-0.3, -0.25) is 4.79 Å². The van der Waals surface area contributed by atoms with Crippen LogP contribution in [-0.2, 0) is 0 Å². The molecule has 1 heterocycles. The summed E-state index contributed by atoms with van der Waals surface area (Å²) in [6.45, 7) is 5.99. The lowest BCUT2D eigenvalue weighted by atomic mass is 10.0. The first-order chi connectivity index (χ1) is 7.97. The van der Waals surface area contributed by atoms with Crippen LogP contribution in [0.15, 0.2) is 12.3 Å². The summed E-state index contributed by atoms with van der Waals surface area (Å²) in [5.41, 5.74) is 5.26. The van der Waals surface area contributed by atoms with Gasteiger partial charge in [0.1, 0.15) is 0 Å². The van der Waals surface area contributed by atoms with E-state index in [4.69, 9.17) is 5.73 Å². The summed E-state index contributed by atoms with van der Waals surface area (Å²) in [6, 6.07) is 1.35. The van der Waals surface area contributed by atoms with Crippen LogP contribution in [0, 0.1) is 11.7 Å². The van der Waals surface area contributed by atoms with Crippen LogP contribution in [0.2, 0.25) is 0 Å². The Kier molecular flexibility index (Phi) is 4.43. The Balaban J connectivity index is 2.86. The van der Waals surface area contributed by atoms with Gasteiger partial charge in [0.15, 0.2) is 11.6 Å². The van der Waals surface area contributed by atoms with E-state index >= 15 is 0 Å². The van der Waals surface area contributed by atoms with E-state index in [1.165, 1.54) is 12.3 Å². The molecule has 0 fully saturated rings. The average Bonchev–Trinajstić information content (AvgIpc) is 2.28. The van der Waals surface area contributed by atoms with E-state index in [9.17, 15) is 9.18 Å². The van der Waals surface area contributed by atoms with E-state index in [0.717, 1.165) is 6.42 Å². The summed E-state index contributed by atoms with van der Waals surface area (Å²) < 4.78 is 13.6. The number of hydrogen-bond acceptors (Lipinski definition) is 3. The van der Waals surface area contributed by atoms with Crippen molar-refractivity contribution in [3.8, 4) is 0 Å². The standard InChI is InChI=1S/C12H18FN3O/c1-4-9(7(2)3)16-12(17)8-5-6-15-11(14)10(8)13/h5-7,9H,4H2,1-3H3,(H2,14,15)(H,16,17). The molecule has 0 aliphatic carbocycles. The Bertz CT molecular complexity index is 407. The second-order valence-electron chi connectivity index (χ2n) is 4.29. The molecule has 0 saturated carbocycles. The summed E-state index contributed by atoms with van der Waals surface area (Å²) in [6.07, 6.45) is 2.12. The zero-order valence-corrected chi connectivity index (χ0v) is 10.3. The van der Waals surface area contributed by atoms with Gasteiger partial charge in [-0.25, -0.2) is 9.37 Å². The average molecular weight is 239 g/mol. The van der Waals surface area contributed by atoms with Gasteiger partial charge < -0.3 is 11.1 Å². The largest absolute Gasteiger partial charge is 0.381 e. The van der Waals surface area contributed by atoms with Crippen LogP contribution in [0.4, 0.5) is 10.2 Å². The minimum Gasteiger partial charge on any atom is -0.381 e. The molecular weight excluding hydrogens is 221 g/mol. The first-order valence-electron chi connectivity index (χ1n) is 5.68. The quantitative estimate of drug-likeness (QED) is 0.844. The molecule has 3 N–H and O–H groups in total. The van der Waals surface area contributed by atoms with Crippen LogP contribution in [0.5, 0.6) is 0 Å². The Morgan fingerprint density at radius 3 is 2.76 bits per heavy atom. The number of rotatable bonds is 4. The summed E-state index contributed by atoms with van der Waals surface area (Å²) in [7, 11) is 0. The summed E-state index contributed by atoms with van der Waals surface area (Å²) in [5, 5.41) is 2.79. The third-order valence-corrected chi connectivity index (χ3v) is 2.72. The molecule has 0 aliphatic heterocycles. The number of carbonyl (C=O) groups is 1. The highest BCUT2D eigenvalue weighted by Gasteiger charge is 2.19. The van der Waals surface area contributed by atoms with E-state index in [2.05, 4.69) is 10.3 Å². The highest BCUT2D eigenvalue weighted by atomic mass is 19.1. The van der Waals surface area contributed by atoms with E-state index in [0.29, 0.717) is 5.92 Å². The van der Waals surface area contributed by atoms with Crippen molar-refractivity contribution < 1.29 is 9.18 Å². The number of hydrogen-bond donors (Lipinski definition) is 2. The van der Waals surface area contributed by atoms with Gasteiger partial charge in [0.05, 0.1) is 5.56 Å². The third kappa shape index (κ3) is 3.15. The number of amides is 1. The molecule has 1 aromatic rings. The van der Waals surface area contributed by atoms with Crippen molar-refractivity contribution in [3.63, 3.8) is 0 Å². The Labute approximate surface area is 100 Å². The maximum Gasteiger partial charge on any atom is 0.254 e. The SMILES string of the molecule is CCC(NC(=O)c1ccnc(N)c1F)C(C)C. The van der Waals surface area contributed by atoms with Crippen LogP contribution >= 0.6 is 0 Å². The van der Waals surface area contributed by atoms with Crippen LogP contribution in [0.25, 0.3) is 0 Å². The normalized spacial score (nSPS) is 12.5. The molecular formula is C12H18FN3O. The number of carbonyl (C=O) groups excluding carboxylic acids is 1. The third-order valence-electron chi connectivity index (χ3n) is 2.72. The van der Waals surface area contributed by atoms with Crippen LogP contribution in [0.3, 0.4) is 0 Å². The predicted octanol–water partition coefficient (Wildman–Crippen LogP) is 1.97. The molecule has 1 amide bonds. The molecule has 0 spiro atoms. The van der Waals surface area contributed by atoms with Crippen molar-refractivity contribution in [3.05, 3.63) is 23.6 Å². The number of nitrogens with two attached hydrogens (primary N) is 1. The number of nitrogen functional groups attached to an aromatic ring is 1. The summed E-state index contributed by atoms with van der Waals surface area (Å²) in [4.78, 5) is 15.4. The van der Waals surface area contributed by atoms with Gasteiger partial charge >= 0.3 is 0 Å². The fraction of sp³-hybridized carbons (Fsp3) is 0.500. The lowest BCUT2D eigenvalue weighted by Gasteiger charge is -2.20. The molecule has 1 atom stereocenters. The first kappa shape index (κ1) is 13.4. The number of anilines is 1. The first-order valence-corrected chi connectivity index (χ1v) is 5.68. The smallest absolute Gasteiger partial charge is 0.254 e. The molecule has 94 valence electrons. The molecule has 0 aliphatic rings. The van der Waals surface area contributed by atoms with Crippen molar-refractivity contribution in [2.24, 2.45) is 5.92 Å². The van der Waals surface area contributed by atoms with Crippen molar-refractivity contribution >= 4 is 11.7 Å². The monoisotopic (exact) mass is 239 g/mol. The minimum atomic E-state index is -0.761. The van der Waals surface area contributed by atoms with Gasteiger partial charge in [-0.2, -0.15) is 0 Å². The zero-order chi connectivity index (χ0) is 13.0.